The molecule has 0 aliphatic heterocycles. The average molecular weight is 727 g/mol. The molecule has 0 N–H and O–H groups in total. The van der Waals surface area contributed by atoms with Crippen LogP contribution in [0.1, 0.15) is 0 Å². The maximum Gasteiger partial charge on any atom is 0.137 e. The molecule has 3 heteroatoms. The first-order chi connectivity index (χ1) is 28.3. The Balaban J connectivity index is 1.06. The summed E-state index contributed by atoms with van der Waals surface area (Å²) in [6.07, 6.45) is 0. The highest BCUT2D eigenvalue weighted by atomic mass is 16.3. The van der Waals surface area contributed by atoms with Crippen molar-refractivity contribution in [2.75, 3.05) is 0 Å². The number of aromatic nitrogens is 2. The first kappa shape index (κ1) is 31.7. The van der Waals surface area contributed by atoms with E-state index in [0.29, 0.717) is 0 Å². The molecular weight excluding hydrogens is 693 g/mol. The Morgan fingerprint density at radius 3 is 1.67 bits per heavy atom. The van der Waals surface area contributed by atoms with Crippen molar-refractivity contribution < 1.29 is 4.42 Å². The largest absolute Gasteiger partial charge is 0.456 e. The lowest BCUT2D eigenvalue weighted by Crippen LogP contribution is -1.94. The van der Waals surface area contributed by atoms with Crippen LogP contribution in [0.15, 0.2) is 211 Å². The molecule has 0 fully saturated rings. The zero-order chi connectivity index (χ0) is 37.5. The fourth-order valence-corrected chi connectivity index (χ4v) is 9.13. The normalized spacial score (nSPS) is 11.9. The van der Waals surface area contributed by atoms with Gasteiger partial charge in [-0.25, -0.2) is 0 Å². The van der Waals surface area contributed by atoms with Gasteiger partial charge in [0.15, 0.2) is 0 Å². The molecule has 0 saturated carbocycles. The van der Waals surface area contributed by atoms with E-state index >= 15 is 0 Å². The van der Waals surface area contributed by atoms with Gasteiger partial charge in [0.25, 0.3) is 0 Å². The van der Waals surface area contributed by atoms with E-state index in [0.717, 1.165) is 44.3 Å². The third kappa shape index (κ3) is 4.92. The summed E-state index contributed by atoms with van der Waals surface area (Å²) in [5.74, 6) is 0. The van der Waals surface area contributed by atoms with E-state index in [-0.39, 0.29) is 0 Å². The Bertz CT molecular complexity index is 3510. The van der Waals surface area contributed by atoms with Crippen molar-refractivity contribution in [2.45, 2.75) is 0 Å². The predicted octanol–water partition coefficient (Wildman–Crippen LogP) is 14.8. The molecule has 12 rings (SSSR count). The van der Waals surface area contributed by atoms with Crippen molar-refractivity contribution in [3.05, 3.63) is 206 Å². The quantitative estimate of drug-likeness (QED) is 0.173. The van der Waals surface area contributed by atoms with Gasteiger partial charge < -0.3 is 13.6 Å². The van der Waals surface area contributed by atoms with Crippen LogP contribution in [-0.4, -0.2) is 9.13 Å². The number of nitrogens with zero attached hydrogens (tertiary/aromatic N) is 2. The number of rotatable bonds is 5. The summed E-state index contributed by atoms with van der Waals surface area (Å²) in [6, 6.07) is 74.5. The molecule has 0 bridgehead atoms. The Labute approximate surface area is 328 Å². The molecule has 0 atom stereocenters. The molecule has 57 heavy (non-hydrogen) atoms. The summed E-state index contributed by atoms with van der Waals surface area (Å²) < 4.78 is 11.2. The number of hydrogen-bond donors (Lipinski definition) is 0. The van der Waals surface area contributed by atoms with Gasteiger partial charge in [0.2, 0.25) is 0 Å². The predicted molar refractivity (Wildman–Crippen MR) is 239 cm³/mol. The van der Waals surface area contributed by atoms with Crippen LogP contribution in [0.2, 0.25) is 0 Å². The van der Waals surface area contributed by atoms with E-state index in [1.54, 1.807) is 0 Å². The topological polar surface area (TPSA) is 23.0 Å². The minimum atomic E-state index is 0.888. The molecule has 3 heterocycles. The highest BCUT2D eigenvalue weighted by molar-refractivity contribution is 6.17. The first-order valence-corrected chi connectivity index (χ1v) is 19.5. The van der Waals surface area contributed by atoms with Gasteiger partial charge in [-0.15, -0.1) is 0 Å². The molecule has 0 aliphatic carbocycles. The lowest BCUT2D eigenvalue weighted by molar-refractivity contribution is 0.668. The fourth-order valence-electron chi connectivity index (χ4n) is 9.13. The van der Waals surface area contributed by atoms with Gasteiger partial charge in [-0.3, -0.25) is 0 Å². The van der Waals surface area contributed by atoms with Crippen molar-refractivity contribution in [3.8, 4) is 44.8 Å². The third-order valence-corrected chi connectivity index (χ3v) is 11.7. The molecule has 266 valence electrons. The molecule has 3 nitrogen and oxygen atoms in total. The van der Waals surface area contributed by atoms with Gasteiger partial charge in [-0.1, -0.05) is 133 Å². The van der Waals surface area contributed by atoms with Gasteiger partial charge in [0.1, 0.15) is 11.2 Å². The SMILES string of the molecule is c1ccc(-c2cccc(-n3c4ccccc4c4cc(-c5ccc6c(c5)c5c(-c7ccccc7)cccc5n6-c5ccc6c(c5)oc5ccccc56)ccc43)c2)cc1. The second kappa shape index (κ2) is 12.5. The van der Waals surface area contributed by atoms with Crippen LogP contribution < -0.4 is 0 Å². The molecule has 0 saturated heterocycles. The Hall–Kier alpha value is -7.62. The zero-order valence-corrected chi connectivity index (χ0v) is 30.9. The minimum absolute atomic E-state index is 0.888. The molecular formula is C54H34N2O. The smallest absolute Gasteiger partial charge is 0.137 e. The summed E-state index contributed by atoms with van der Waals surface area (Å²) in [7, 11) is 0. The molecule has 3 aromatic heterocycles. The lowest BCUT2D eigenvalue weighted by atomic mass is 9.97. The molecule has 0 amide bonds. The Morgan fingerprint density at radius 1 is 0.281 bits per heavy atom. The van der Waals surface area contributed by atoms with Gasteiger partial charge in [-0.2, -0.15) is 0 Å². The molecule has 0 radical (unpaired) electrons. The van der Waals surface area contributed by atoms with Gasteiger partial charge in [-0.05, 0) is 100 Å². The number of hydrogen-bond acceptors (Lipinski definition) is 1. The maximum absolute atomic E-state index is 6.39. The summed E-state index contributed by atoms with van der Waals surface area (Å²) >= 11 is 0. The average Bonchev–Trinajstić information content (AvgIpc) is 3.94. The van der Waals surface area contributed by atoms with E-state index in [1.165, 1.54) is 66.0 Å². The van der Waals surface area contributed by atoms with E-state index < -0.39 is 0 Å². The number of benzene rings is 9. The first-order valence-electron chi connectivity index (χ1n) is 19.5. The van der Waals surface area contributed by atoms with Crippen molar-refractivity contribution >= 4 is 65.6 Å². The van der Waals surface area contributed by atoms with Crippen molar-refractivity contribution in [3.63, 3.8) is 0 Å². The monoisotopic (exact) mass is 726 g/mol. The van der Waals surface area contributed by atoms with Crippen LogP contribution in [0.4, 0.5) is 0 Å². The standard InChI is InChI=1S/C54H34N2O/c1-3-13-35(14-4-1)37-17-11-18-40(31-37)55-48-22-9-7-19-43(48)46-32-38(25-29-49(46)55)39-26-30-50-47(33-39)54-42(36-15-5-2-6-16-36)21-12-23-51(54)56(50)41-27-28-45-44-20-8-10-24-52(44)57-53(45)34-41/h1-34H. The Kier molecular flexibility index (Phi) is 6.93. The molecule has 9 aromatic carbocycles. The lowest BCUT2D eigenvalue weighted by Gasteiger charge is -2.11. The second-order valence-electron chi connectivity index (χ2n) is 14.9. The summed E-state index contributed by atoms with van der Waals surface area (Å²) in [6.45, 7) is 0. The van der Waals surface area contributed by atoms with Gasteiger partial charge >= 0.3 is 0 Å². The van der Waals surface area contributed by atoms with Crippen molar-refractivity contribution in [2.24, 2.45) is 0 Å². The van der Waals surface area contributed by atoms with Crippen LogP contribution >= 0.6 is 0 Å². The van der Waals surface area contributed by atoms with Crippen LogP contribution in [0.25, 0.3) is 110 Å². The summed E-state index contributed by atoms with van der Waals surface area (Å²) in [4.78, 5) is 0. The number of furan rings is 1. The Morgan fingerprint density at radius 2 is 0.842 bits per heavy atom. The zero-order valence-electron chi connectivity index (χ0n) is 30.9. The van der Waals surface area contributed by atoms with E-state index in [2.05, 4.69) is 203 Å². The molecule has 0 aliphatic rings. The number of para-hydroxylation sites is 2. The number of fused-ring (bicyclic) bond motifs is 9. The molecule has 12 aromatic rings. The van der Waals surface area contributed by atoms with Crippen molar-refractivity contribution in [1.82, 2.24) is 9.13 Å². The van der Waals surface area contributed by atoms with Gasteiger partial charge in [0, 0.05) is 49.8 Å². The van der Waals surface area contributed by atoms with E-state index in [9.17, 15) is 0 Å². The summed E-state index contributed by atoms with van der Waals surface area (Å²) in [5, 5.41) is 7.19. The van der Waals surface area contributed by atoms with E-state index in [4.69, 9.17) is 4.42 Å². The van der Waals surface area contributed by atoms with Crippen LogP contribution in [-0.2, 0) is 0 Å². The third-order valence-electron chi connectivity index (χ3n) is 11.7. The minimum Gasteiger partial charge on any atom is -0.456 e. The summed E-state index contributed by atoms with van der Waals surface area (Å²) in [5.41, 5.74) is 15.9. The van der Waals surface area contributed by atoms with Gasteiger partial charge in [0.05, 0.1) is 22.1 Å². The van der Waals surface area contributed by atoms with Crippen LogP contribution in [0.3, 0.4) is 0 Å². The van der Waals surface area contributed by atoms with Crippen LogP contribution in [0, 0.1) is 0 Å². The molecule has 0 spiro atoms. The maximum atomic E-state index is 6.39. The van der Waals surface area contributed by atoms with Crippen molar-refractivity contribution in [1.29, 1.82) is 0 Å². The second-order valence-corrected chi connectivity index (χ2v) is 14.9. The fraction of sp³-hybridized carbons (Fsp3) is 0. The highest BCUT2D eigenvalue weighted by Crippen LogP contribution is 2.42. The molecule has 0 unspecified atom stereocenters. The van der Waals surface area contributed by atoms with Crippen LogP contribution in [0.5, 0.6) is 0 Å². The highest BCUT2D eigenvalue weighted by Gasteiger charge is 2.19. The van der Waals surface area contributed by atoms with E-state index in [1.807, 2.05) is 12.1 Å².